The summed E-state index contributed by atoms with van der Waals surface area (Å²) >= 11 is 9.82. The Bertz CT molecular complexity index is 626. The summed E-state index contributed by atoms with van der Waals surface area (Å²) < 4.78 is 5.74. The Morgan fingerprint density at radius 1 is 1.30 bits per heavy atom. The largest absolute Gasteiger partial charge is 0.490 e. The van der Waals surface area contributed by atoms with Gasteiger partial charge in [0.1, 0.15) is 11.9 Å². The highest BCUT2D eigenvalue weighted by Gasteiger charge is 2.20. The Hall–Kier alpha value is -0.990. The lowest BCUT2D eigenvalue weighted by molar-refractivity contribution is 0.254. The van der Waals surface area contributed by atoms with E-state index in [2.05, 4.69) is 47.1 Å². The van der Waals surface area contributed by atoms with Gasteiger partial charge in [-0.05, 0) is 48.2 Å². The summed E-state index contributed by atoms with van der Waals surface area (Å²) in [4.78, 5) is 0.294. The maximum absolute atomic E-state index is 6.04. The van der Waals surface area contributed by atoms with Gasteiger partial charge in [0, 0.05) is 16.3 Å². The number of halogens is 2. The van der Waals surface area contributed by atoms with Crippen molar-refractivity contribution in [2.45, 2.75) is 30.7 Å². The Balaban J connectivity index is 1.78. The van der Waals surface area contributed by atoms with Gasteiger partial charge < -0.3 is 4.74 Å². The fraction of sp³-hybridized carbons (Fsp3) is 0.294. The molecule has 3 rings (SSSR count). The molecule has 2 atom stereocenters. The third-order valence-electron chi connectivity index (χ3n) is 3.59. The Morgan fingerprint density at radius 3 is 2.95 bits per heavy atom. The minimum Gasteiger partial charge on any atom is -0.490 e. The molecule has 2 unspecified atom stereocenters. The summed E-state index contributed by atoms with van der Waals surface area (Å²) in [5.74, 6) is 1.03. The lowest BCUT2D eigenvalue weighted by atomic mass is 10.0. The fourth-order valence-corrected chi connectivity index (χ4v) is 3.50. The number of fused-ring (bicyclic) bond motifs is 1. The molecule has 3 heteroatoms. The first-order chi connectivity index (χ1) is 9.61. The van der Waals surface area contributed by atoms with Crippen LogP contribution in [0.1, 0.15) is 28.4 Å². The van der Waals surface area contributed by atoms with E-state index >= 15 is 0 Å². The van der Waals surface area contributed by atoms with Crippen molar-refractivity contribution in [2.24, 2.45) is 0 Å². The van der Waals surface area contributed by atoms with Crippen LogP contribution in [0.15, 0.2) is 42.5 Å². The van der Waals surface area contributed by atoms with Crippen LogP contribution in [-0.2, 0) is 12.8 Å². The van der Waals surface area contributed by atoms with Crippen molar-refractivity contribution < 1.29 is 4.74 Å². The van der Waals surface area contributed by atoms with E-state index in [9.17, 15) is 0 Å². The Kier molecular flexibility index (Phi) is 4.04. The molecule has 0 bridgehead atoms. The quantitative estimate of drug-likeness (QED) is 0.678. The SMILES string of the molecule is CC1Cc2cc(C(Br)Cc3cccc(Cl)c3)ccc2O1. The third kappa shape index (κ3) is 3.02. The minimum atomic E-state index is 0.293. The lowest BCUT2D eigenvalue weighted by Gasteiger charge is -2.12. The second kappa shape index (κ2) is 5.79. The summed E-state index contributed by atoms with van der Waals surface area (Å²) in [6.07, 6.45) is 2.22. The van der Waals surface area contributed by atoms with Crippen molar-refractivity contribution in [2.75, 3.05) is 0 Å². The molecule has 2 aromatic carbocycles. The predicted molar refractivity (Wildman–Crippen MR) is 87.1 cm³/mol. The van der Waals surface area contributed by atoms with E-state index in [4.69, 9.17) is 16.3 Å². The molecule has 0 spiro atoms. The van der Waals surface area contributed by atoms with Gasteiger partial charge in [0.15, 0.2) is 0 Å². The smallest absolute Gasteiger partial charge is 0.123 e. The van der Waals surface area contributed by atoms with Crippen LogP contribution >= 0.6 is 27.5 Å². The summed E-state index contributed by atoms with van der Waals surface area (Å²) in [5, 5.41) is 0.790. The highest BCUT2D eigenvalue weighted by atomic mass is 79.9. The van der Waals surface area contributed by atoms with Crippen LogP contribution < -0.4 is 4.74 Å². The number of ether oxygens (including phenoxy) is 1. The van der Waals surface area contributed by atoms with Gasteiger partial charge in [-0.15, -0.1) is 0 Å². The van der Waals surface area contributed by atoms with Gasteiger partial charge in [-0.25, -0.2) is 0 Å². The molecule has 1 aliphatic heterocycles. The van der Waals surface area contributed by atoms with E-state index in [0.717, 1.165) is 23.6 Å². The van der Waals surface area contributed by atoms with Crippen molar-refractivity contribution in [3.63, 3.8) is 0 Å². The van der Waals surface area contributed by atoms with Crippen LogP contribution in [0, 0.1) is 0 Å². The summed E-state index contributed by atoms with van der Waals surface area (Å²) in [6, 6.07) is 14.5. The van der Waals surface area contributed by atoms with E-state index in [1.54, 1.807) is 0 Å². The molecule has 104 valence electrons. The zero-order chi connectivity index (χ0) is 14.1. The van der Waals surface area contributed by atoms with Crippen LogP contribution in [-0.4, -0.2) is 6.10 Å². The van der Waals surface area contributed by atoms with E-state index in [1.807, 2.05) is 18.2 Å². The Morgan fingerprint density at radius 2 is 2.15 bits per heavy atom. The van der Waals surface area contributed by atoms with Gasteiger partial charge in [0.25, 0.3) is 0 Å². The monoisotopic (exact) mass is 350 g/mol. The molecule has 0 amide bonds. The second-order valence-corrected chi connectivity index (χ2v) is 6.84. The Labute approximate surface area is 133 Å². The van der Waals surface area contributed by atoms with Gasteiger partial charge >= 0.3 is 0 Å². The maximum Gasteiger partial charge on any atom is 0.123 e. The molecular formula is C17H16BrClO. The molecule has 0 radical (unpaired) electrons. The first-order valence-electron chi connectivity index (χ1n) is 6.80. The van der Waals surface area contributed by atoms with Crippen LogP contribution in [0.25, 0.3) is 0 Å². The van der Waals surface area contributed by atoms with E-state index in [-0.39, 0.29) is 0 Å². The van der Waals surface area contributed by atoms with Crippen molar-refractivity contribution in [1.82, 2.24) is 0 Å². The van der Waals surface area contributed by atoms with E-state index in [1.165, 1.54) is 16.7 Å². The molecule has 1 nitrogen and oxygen atoms in total. The number of benzene rings is 2. The summed E-state index contributed by atoms with van der Waals surface area (Å²) in [6.45, 7) is 2.11. The first kappa shape index (κ1) is 14.0. The van der Waals surface area contributed by atoms with Gasteiger partial charge in [0.2, 0.25) is 0 Å². The number of alkyl halides is 1. The molecular weight excluding hydrogens is 336 g/mol. The normalized spacial score (nSPS) is 18.4. The summed E-state index contributed by atoms with van der Waals surface area (Å²) in [7, 11) is 0. The van der Waals surface area contributed by atoms with E-state index < -0.39 is 0 Å². The molecule has 0 aliphatic carbocycles. The van der Waals surface area contributed by atoms with Gasteiger partial charge in [-0.1, -0.05) is 51.8 Å². The average Bonchev–Trinajstić information content (AvgIpc) is 2.77. The highest BCUT2D eigenvalue weighted by Crippen LogP contribution is 2.34. The van der Waals surface area contributed by atoms with E-state index in [0.29, 0.717) is 10.9 Å². The predicted octanol–water partition coefficient (Wildman–Crippen LogP) is 5.34. The number of rotatable bonds is 3. The van der Waals surface area contributed by atoms with Crippen molar-refractivity contribution >= 4 is 27.5 Å². The summed E-state index contributed by atoms with van der Waals surface area (Å²) in [5.41, 5.74) is 3.84. The number of hydrogen-bond donors (Lipinski definition) is 0. The van der Waals surface area contributed by atoms with Crippen LogP contribution in [0.5, 0.6) is 5.75 Å². The molecule has 0 fully saturated rings. The van der Waals surface area contributed by atoms with Gasteiger partial charge in [-0.3, -0.25) is 0 Å². The molecule has 1 heterocycles. The molecule has 1 aliphatic rings. The van der Waals surface area contributed by atoms with Crippen molar-refractivity contribution in [3.8, 4) is 5.75 Å². The third-order valence-corrected chi connectivity index (χ3v) is 4.67. The topological polar surface area (TPSA) is 9.23 Å². The van der Waals surface area contributed by atoms with Gasteiger partial charge in [0.05, 0.1) is 0 Å². The molecule has 0 aromatic heterocycles. The molecule has 0 N–H and O–H groups in total. The molecule has 0 saturated carbocycles. The van der Waals surface area contributed by atoms with Crippen molar-refractivity contribution in [1.29, 1.82) is 0 Å². The molecule has 2 aromatic rings. The lowest BCUT2D eigenvalue weighted by Crippen LogP contribution is -2.05. The first-order valence-corrected chi connectivity index (χ1v) is 8.09. The zero-order valence-electron chi connectivity index (χ0n) is 11.3. The second-order valence-electron chi connectivity index (χ2n) is 5.30. The molecule has 0 saturated heterocycles. The average molecular weight is 352 g/mol. The standard InChI is InChI=1S/C17H16BrClO/c1-11-7-14-10-13(5-6-17(14)20-11)16(18)9-12-3-2-4-15(19)8-12/h2-6,8,10-11,16H,7,9H2,1H3. The fourth-order valence-electron chi connectivity index (χ4n) is 2.63. The van der Waals surface area contributed by atoms with Crippen molar-refractivity contribution in [3.05, 3.63) is 64.2 Å². The highest BCUT2D eigenvalue weighted by molar-refractivity contribution is 9.09. The molecule has 20 heavy (non-hydrogen) atoms. The maximum atomic E-state index is 6.04. The van der Waals surface area contributed by atoms with Gasteiger partial charge in [-0.2, -0.15) is 0 Å². The van der Waals surface area contributed by atoms with Crippen LogP contribution in [0.2, 0.25) is 5.02 Å². The zero-order valence-corrected chi connectivity index (χ0v) is 13.6. The minimum absolute atomic E-state index is 0.293. The number of hydrogen-bond acceptors (Lipinski definition) is 1. The van der Waals surface area contributed by atoms with Crippen LogP contribution in [0.4, 0.5) is 0 Å². The van der Waals surface area contributed by atoms with Crippen LogP contribution in [0.3, 0.4) is 0 Å².